The molecule has 0 N–H and O–H groups in total. The van der Waals surface area contributed by atoms with E-state index in [1.165, 1.54) is 93.9 Å². The number of nitrogens with zero attached hydrogens (tertiary/aromatic N) is 3. The van der Waals surface area contributed by atoms with Crippen LogP contribution in [-0.4, -0.2) is 14.5 Å². The van der Waals surface area contributed by atoms with Gasteiger partial charge in [0.05, 0.1) is 22.1 Å². The van der Waals surface area contributed by atoms with Gasteiger partial charge in [0.15, 0.2) is 0 Å². The van der Waals surface area contributed by atoms with E-state index in [0.29, 0.717) is 0 Å². The van der Waals surface area contributed by atoms with Crippen LogP contribution in [0.1, 0.15) is 25.0 Å². The zero-order valence-corrected chi connectivity index (χ0v) is 32.2. The monoisotopic (exact) mass is 739 g/mol. The van der Waals surface area contributed by atoms with Gasteiger partial charge in [0.2, 0.25) is 0 Å². The highest BCUT2D eigenvalue weighted by molar-refractivity contribution is 6.23. The topological polar surface area (TPSA) is 30.7 Å². The van der Waals surface area contributed by atoms with Crippen LogP contribution in [0.25, 0.3) is 105 Å². The molecule has 0 radical (unpaired) electrons. The molecule has 0 aliphatic heterocycles. The van der Waals surface area contributed by atoms with Crippen molar-refractivity contribution in [2.24, 2.45) is 0 Å². The Morgan fingerprint density at radius 3 is 1.45 bits per heavy atom. The first kappa shape index (κ1) is 32.8. The van der Waals surface area contributed by atoms with Gasteiger partial charge in [-0.2, -0.15) is 0 Å². The van der Waals surface area contributed by atoms with Gasteiger partial charge in [0.25, 0.3) is 0 Å². The molecule has 0 bridgehead atoms. The Balaban J connectivity index is 0.882. The molecule has 0 atom stereocenters. The molecule has 0 fully saturated rings. The van der Waals surface area contributed by atoms with E-state index < -0.39 is 0 Å². The lowest BCUT2D eigenvalue weighted by molar-refractivity contribution is 0.661. The number of fused-ring (bicyclic) bond motifs is 12. The van der Waals surface area contributed by atoms with Crippen LogP contribution in [0.3, 0.4) is 0 Å². The molecule has 2 heterocycles. The fraction of sp³-hybridized carbons (Fsp3) is 0.0545. The van der Waals surface area contributed by atoms with Crippen LogP contribution in [0.15, 0.2) is 188 Å². The maximum atomic E-state index is 4.76. The Bertz CT molecular complexity index is 3390. The van der Waals surface area contributed by atoms with Gasteiger partial charge in [-0.1, -0.05) is 141 Å². The van der Waals surface area contributed by atoms with Crippen LogP contribution in [0, 0.1) is 0 Å². The third-order valence-corrected chi connectivity index (χ3v) is 12.7. The van der Waals surface area contributed by atoms with Crippen LogP contribution in [0.2, 0.25) is 0 Å². The van der Waals surface area contributed by atoms with Gasteiger partial charge in [0, 0.05) is 45.0 Å². The first-order valence-corrected chi connectivity index (χ1v) is 20.1. The number of rotatable bonds is 4. The first-order chi connectivity index (χ1) is 28.5. The molecule has 0 spiro atoms. The zero-order valence-electron chi connectivity index (χ0n) is 32.2. The largest absolute Gasteiger partial charge is 0.309 e. The Kier molecular flexibility index (Phi) is 6.98. The van der Waals surface area contributed by atoms with E-state index in [2.05, 4.69) is 194 Å². The smallest absolute Gasteiger partial charge is 0.0971 e. The second kappa shape index (κ2) is 12.3. The zero-order chi connectivity index (χ0) is 38.5. The van der Waals surface area contributed by atoms with Crippen molar-refractivity contribution in [1.82, 2.24) is 14.5 Å². The summed E-state index contributed by atoms with van der Waals surface area (Å²) in [5.41, 5.74) is 18.0. The lowest BCUT2D eigenvalue weighted by Gasteiger charge is -2.23. The van der Waals surface area contributed by atoms with Crippen molar-refractivity contribution in [3.05, 3.63) is 199 Å². The number of hydrogen-bond acceptors (Lipinski definition) is 2. The predicted molar refractivity (Wildman–Crippen MR) is 243 cm³/mol. The Hall–Kier alpha value is -7.36. The van der Waals surface area contributed by atoms with Crippen molar-refractivity contribution in [2.75, 3.05) is 0 Å². The summed E-state index contributed by atoms with van der Waals surface area (Å²) < 4.78 is 2.38. The average molecular weight is 740 g/mol. The molecule has 1 aliphatic rings. The Morgan fingerprint density at radius 2 is 0.828 bits per heavy atom. The van der Waals surface area contributed by atoms with Crippen LogP contribution in [-0.2, 0) is 5.41 Å². The summed E-state index contributed by atoms with van der Waals surface area (Å²) >= 11 is 0. The molecule has 0 unspecified atom stereocenters. The van der Waals surface area contributed by atoms with Crippen molar-refractivity contribution in [3.63, 3.8) is 0 Å². The van der Waals surface area contributed by atoms with E-state index in [0.717, 1.165) is 21.8 Å². The predicted octanol–water partition coefficient (Wildman–Crippen LogP) is 14.3. The first-order valence-electron chi connectivity index (χ1n) is 20.1. The third-order valence-electron chi connectivity index (χ3n) is 12.7. The second-order valence-corrected chi connectivity index (χ2v) is 16.2. The fourth-order valence-corrected chi connectivity index (χ4v) is 9.79. The van der Waals surface area contributed by atoms with E-state index in [-0.39, 0.29) is 5.41 Å². The summed E-state index contributed by atoms with van der Waals surface area (Å²) in [6, 6.07) is 64.8. The summed E-state index contributed by atoms with van der Waals surface area (Å²) in [6.07, 6.45) is 3.57. The van der Waals surface area contributed by atoms with Crippen molar-refractivity contribution < 1.29 is 0 Å². The normalized spacial score (nSPS) is 13.1. The van der Waals surface area contributed by atoms with Crippen LogP contribution >= 0.6 is 0 Å². The number of aromatic nitrogens is 3. The summed E-state index contributed by atoms with van der Waals surface area (Å²) in [5, 5.41) is 7.21. The van der Waals surface area contributed by atoms with Crippen LogP contribution < -0.4 is 0 Å². The molecule has 12 rings (SSSR count). The highest BCUT2D eigenvalue weighted by Gasteiger charge is 2.36. The minimum atomic E-state index is -0.151. The highest BCUT2D eigenvalue weighted by atomic mass is 15.0. The van der Waals surface area contributed by atoms with Gasteiger partial charge in [-0.25, -0.2) is 0 Å². The second-order valence-electron chi connectivity index (χ2n) is 16.2. The average Bonchev–Trinajstić information content (AvgIpc) is 3.74. The summed E-state index contributed by atoms with van der Waals surface area (Å²) in [7, 11) is 0. The number of hydrogen-bond donors (Lipinski definition) is 0. The lowest BCUT2D eigenvalue weighted by Crippen LogP contribution is -2.15. The van der Waals surface area contributed by atoms with Crippen LogP contribution in [0.4, 0.5) is 0 Å². The maximum Gasteiger partial charge on any atom is 0.0971 e. The Labute approximate surface area is 336 Å². The fourth-order valence-electron chi connectivity index (χ4n) is 9.79. The van der Waals surface area contributed by atoms with Gasteiger partial charge in [-0.3, -0.25) is 9.97 Å². The molecule has 272 valence electrons. The van der Waals surface area contributed by atoms with Crippen molar-refractivity contribution in [2.45, 2.75) is 19.3 Å². The Morgan fingerprint density at radius 1 is 0.362 bits per heavy atom. The quantitative estimate of drug-likeness (QED) is 0.168. The third kappa shape index (κ3) is 4.80. The van der Waals surface area contributed by atoms with Crippen molar-refractivity contribution in [3.8, 4) is 50.2 Å². The van der Waals surface area contributed by atoms with Gasteiger partial charge in [0.1, 0.15) is 0 Å². The SMILES string of the molecule is CC1(C)c2cc(-c3ccc(-n4c5ccccc5c5ccccc54)cc3)ccc2-c2ccc(-c3cccc(-c4ccc5c(c4)c4ccccc4c4nccnc54)c3)cc21. The van der Waals surface area contributed by atoms with Gasteiger partial charge in [-0.05, 0) is 115 Å². The minimum absolute atomic E-state index is 0.151. The molecular formula is C55H37N3. The molecular weight excluding hydrogens is 703 g/mol. The number of para-hydroxylation sites is 2. The molecule has 9 aromatic carbocycles. The van der Waals surface area contributed by atoms with Gasteiger partial charge >= 0.3 is 0 Å². The van der Waals surface area contributed by atoms with E-state index in [1.807, 2.05) is 0 Å². The molecule has 11 aromatic rings. The molecule has 58 heavy (non-hydrogen) atoms. The molecule has 3 nitrogen and oxygen atoms in total. The van der Waals surface area contributed by atoms with E-state index in [4.69, 9.17) is 9.97 Å². The van der Waals surface area contributed by atoms with Crippen molar-refractivity contribution in [1.29, 1.82) is 0 Å². The molecule has 3 heteroatoms. The molecule has 1 aliphatic carbocycles. The van der Waals surface area contributed by atoms with E-state index >= 15 is 0 Å². The highest BCUT2D eigenvalue weighted by Crippen LogP contribution is 2.51. The van der Waals surface area contributed by atoms with Crippen LogP contribution in [0.5, 0.6) is 0 Å². The van der Waals surface area contributed by atoms with Gasteiger partial charge in [-0.15, -0.1) is 0 Å². The lowest BCUT2D eigenvalue weighted by atomic mass is 9.80. The molecule has 0 saturated carbocycles. The summed E-state index contributed by atoms with van der Waals surface area (Å²) in [4.78, 5) is 9.47. The maximum absolute atomic E-state index is 4.76. The van der Waals surface area contributed by atoms with E-state index in [9.17, 15) is 0 Å². The minimum Gasteiger partial charge on any atom is -0.309 e. The molecule has 2 aromatic heterocycles. The summed E-state index contributed by atoms with van der Waals surface area (Å²) in [6.45, 7) is 4.75. The molecule has 0 saturated heterocycles. The summed E-state index contributed by atoms with van der Waals surface area (Å²) in [5.74, 6) is 0. The molecule has 0 amide bonds. The van der Waals surface area contributed by atoms with Crippen molar-refractivity contribution >= 4 is 54.4 Å². The van der Waals surface area contributed by atoms with Gasteiger partial charge < -0.3 is 4.57 Å². The van der Waals surface area contributed by atoms with E-state index in [1.54, 1.807) is 12.4 Å². The number of benzene rings is 9. The standard InChI is InChI=1S/C55H37N3/c1-55(2)49-32-38(34-18-23-40(24-19-34)58-51-16-7-5-13-44(51)45-14-6-8-17-52(45)58)20-25-42(49)43-26-21-39(33-50(43)55)36-11-9-10-35(30-36)37-22-27-47-48(31-37)41-12-3-4-15-46(41)53-54(47)57-29-28-56-53/h3-33H,1-2H3.